The number of hydrogen-bond acceptors (Lipinski definition) is 2. The third-order valence-electron chi connectivity index (χ3n) is 3.77. The quantitative estimate of drug-likeness (QED) is 0.593. The number of carbonyl (C=O) groups excluding carboxylic acids is 2. The van der Waals surface area contributed by atoms with Crippen molar-refractivity contribution in [3.63, 3.8) is 0 Å². The van der Waals surface area contributed by atoms with Crippen molar-refractivity contribution in [3.05, 3.63) is 59.2 Å². The first-order valence-corrected chi connectivity index (χ1v) is 6.80. The lowest BCUT2D eigenvalue weighted by Gasteiger charge is -2.26. The molecule has 0 amide bonds. The molecule has 2 nitrogen and oxygen atoms in total. The van der Waals surface area contributed by atoms with Crippen molar-refractivity contribution in [2.24, 2.45) is 5.41 Å². The van der Waals surface area contributed by atoms with Crippen LogP contribution in [0.2, 0.25) is 0 Å². The average Bonchev–Trinajstić information content (AvgIpc) is 2.60. The number of halogens is 3. The Morgan fingerprint density at radius 3 is 2.18 bits per heavy atom. The minimum Gasteiger partial charge on any atom is -0.289 e. The van der Waals surface area contributed by atoms with Gasteiger partial charge in [-0.25, -0.2) is 13.2 Å². The third-order valence-corrected chi connectivity index (χ3v) is 3.77. The lowest BCUT2D eigenvalue weighted by atomic mass is 9.75. The Balaban J connectivity index is 2.23. The van der Waals surface area contributed by atoms with Crippen LogP contribution in [0.4, 0.5) is 13.2 Å². The van der Waals surface area contributed by atoms with E-state index in [9.17, 15) is 22.8 Å². The molecule has 1 aliphatic carbocycles. The SMILES string of the molecule is O=C(C(=O)C1(CF)C=CC(CF)=CC1)c1ccc(CF)cc1. The van der Waals surface area contributed by atoms with Gasteiger partial charge in [-0.1, -0.05) is 42.5 Å². The normalized spacial score (nSPS) is 20.6. The highest BCUT2D eigenvalue weighted by Crippen LogP contribution is 2.33. The van der Waals surface area contributed by atoms with E-state index >= 15 is 0 Å². The van der Waals surface area contributed by atoms with Crippen LogP contribution in [0.3, 0.4) is 0 Å². The average molecular weight is 308 g/mol. The second kappa shape index (κ2) is 6.73. The summed E-state index contributed by atoms with van der Waals surface area (Å²) in [5.74, 6) is -1.71. The molecule has 0 aromatic heterocycles. The highest BCUT2D eigenvalue weighted by atomic mass is 19.1. The number of allylic oxidation sites excluding steroid dienone is 4. The zero-order valence-electron chi connectivity index (χ0n) is 11.8. The molecule has 116 valence electrons. The summed E-state index contributed by atoms with van der Waals surface area (Å²) in [5, 5.41) is 0. The van der Waals surface area contributed by atoms with Gasteiger partial charge in [-0.15, -0.1) is 0 Å². The van der Waals surface area contributed by atoms with E-state index in [0.717, 1.165) is 0 Å². The van der Waals surface area contributed by atoms with Crippen LogP contribution in [-0.2, 0) is 11.5 Å². The fourth-order valence-electron chi connectivity index (χ4n) is 2.25. The molecule has 2 rings (SSSR count). The van der Waals surface area contributed by atoms with Gasteiger partial charge >= 0.3 is 0 Å². The van der Waals surface area contributed by atoms with Gasteiger partial charge in [0, 0.05) is 5.56 Å². The highest BCUT2D eigenvalue weighted by molar-refractivity contribution is 6.45. The first-order chi connectivity index (χ1) is 10.6. The van der Waals surface area contributed by atoms with Crippen LogP contribution < -0.4 is 0 Å². The maximum atomic E-state index is 13.4. The van der Waals surface area contributed by atoms with Gasteiger partial charge in [-0.05, 0) is 17.6 Å². The summed E-state index contributed by atoms with van der Waals surface area (Å²) >= 11 is 0. The molecule has 0 saturated heterocycles. The second-order valence-electron chi connectivity index (χ2n) is 5.23. The number of carbonyl (C=O) groups is 2. The van der Waals surface area contributed by atoms with E-state index in [0.29, 0.717) is 11.1 Å². The number of rotatable bonds is 6. The van der Waals surface area contributed by atoms with Crippen LogP contribution in [-0.4, -0.2) is 24.9 Å². The predicted molar refractivity (Wildman–Crippen MR) is 76.8 cm³/mol. The van der Waals surface area contributed by atoms with Crippen LogP contribution in [0.1, 0.15) is 22.3 Å². The van der Waals surface area contributed by atoms with Gasteiger partial charge in [0.2, 0.25) is 11.6 Å². The zero-order valence-corrected chi connectivity index (χ0v) is 11.8. The summed E-state index contributed by atoms with van der Waals surface area (Å²) in [6.45, 7) is -2.41. The molecule has 0 saturated carbocycles. The summed E-state index contributed by atoms with van der Waals surface area (Å²) in [7, 11) is 0. The van der Waals surface area contributed by atoms with Crippen molar-refractivity contribution in [2.75, 3.05) is 13.3 Å². The number of ketones is 2. The second-order valence-corrected chi connectivity index (χ2v) is 5.23. The lowest BCUT2D eigenvalue weighted by molar-refractivity contribution is -0.122. The van der Waals surface area contributed by atoms with Crippen molar-refractivity contribution in [2.45, 2.75) is 13.1 Å². The Labute approximate surface area is 126 Å². The molecule has 1 unspecified atom stereocenters. The van der Waals surface area contributed by atoms with E-state index in [1.165, 1.54) is 42.5 Å². The first-order valence-electron chi connectivity index (χ1n) is 6.80. The van der Waals surface area contributed by atoms with Crippen LogP contribution in [0.25, 0.3) is 0 Å². The summed E-state index contributed by atoms with van der Waals surface area (Å²) in [5.41, 5.74) is -0.744. The molecule has 5 heteroatoms. The van der Waals surface area contributed by atoms with E-state index in [4.69, 9.17) is 0 Å². The molecule has 0 fully saturated rings. The molecule has 1 aliphatic rings. The molecule has 0 N–H and O–H groups in total. The maximum Gasteiger partial charge on any atom is 0.229 e. The van der Waals surface area contributed by atoms with Gasteiger partial charge in [0.05, 0.1) is 5.41 Å². The monoisotopic (exact) mass is 308 g/mol. The molecule has 0 radical (unpaired) electrons. The zero-order chi connectivity index (χ0) is 16.2. The molecule has 0 spiro atoms. The van der Waals surface area contributed by atoms with Gasteiger partial charge in [0.15, 0.2) is 0 Å². The van der Waals surface area contributed by atoms with E-state index in [1.807, 2.05) is 0 Å². The molecule has 1 aromatic carbocycles. The van der Waals surface area contributed by atoms with Crippen molar-refractivity contribution in [3.8, 4) is 0 Å². The van der Waals surface area contributed by atoms with Crippen molar-refractivity contribution in [1.82, 2.24) is 0 Å². The van der Waals surface area contributed by atoms with Crippen LogP contribution in [0.15, 0.2) is 48.1 Å². The minimum atomic E-state index is -1.57. The van der Waals surface area contributed by atoms with Gasteiger partial charge in [0.25, 0.3) is 0 Å². The van der Waals surface area contributed by atoms with Crippen LogP contribution in [0, 0.1) is 5.41 Å². The van der Waals surface area contributed by atoms with Crippen molar-refractivity contribution in [1.29, 1.82) is 0 Å². The molecule has 1 atom stereocenters. The Kier molecular flexibility index (Phi) is 4.96. The predicted octanol–water partition coefficient (Wildman–Crippen LogP) is 3.72. The summed E-state index contributed by atoms with van der Waals surface area (Å²) in [6.07, 6.45) is 3.97. The van der Waals surface area contributed by atoms with Gasteiger partial charge in [0.1, 0.15) is 20.0 Å². The molecule has 0 heterocycles. The largest absolute Gasteiger partial charge is 0.289 e. The van der Waals surface area contributed by atoms with Crippen LogP contribution in [0.5, 0.6) is 0 Å². The van der Waals surface area contributed by atoms with Crippen LogP contribution >= 0.6 is 0 Å². The number of benzene rings is 1. The van der Waals surface area contributed by atoms with Gasteiger partial charge < -0.3 is 0 Å². The van der Waals surface area contributed by atoms with E-state index in [2.05, 4.69) is 0 Å². The van der Waals surface area contributed by atoms with E-state index < -0.39 is 37.0 Å². The minimum absolute atomic E-state index is 0.0492. The topological polar surface area (TPSA) is 34.1 Å². The van der Waals surface area contributed by atoms with Gasteiger partial charge in [-0.2, -0.15) is 0 Å². The fourth-order valence-corrected chi connectivity index (χ4v) is 2.25. The maximum absolute atomic E-state index is 13.4. The third kappa shape index (κ3) is 3.03. The molecule has 0 aliphatic heterocycles. The standard InChI is InChI=1S/C17H15F3O2/c18-9-12-1-3-14(4-2-12)15(21)16(22)17(11-20)7-5-13(10-19)6-8-17/h1-7H,8-11H2. The molecule has 22 heavy (non-hydrogen) atoms. The Morgan fingerprint density at radius 1 is 1.05 bits per heavy atom. The smallest absolute Gasteiger partial charge is 0.229 e. The fraction of sp³-hybridized carbons (Fsp3) is 0.294. The Morgan fingerprint density at radius 2 is 1.73 bits per heavy atom. The first kappa shape index (κ1) is 16.2. The summed E-state index contributed by atoms with van der Waals surface area (Å²) < 4.78 is 38.4. The van der Waals surface area contributed by atoms with Crippen molar-refractivity contribution < 1.29 is 22.8 Å². The van der Waals surface area contributed by atoms with E-state index in [-0.39, 0.29) is 12.0 Å². The molecule has 0 bridgehead atoms. The Bertz CT molecular complexity index is 632. The molecular formula is C17H15F3O2. The molecule has 1 aromatic rings. The summed E-state index contributed by atoms with van der Waals surface area (Å²) in [6, 6.07) is 5.49. The highest BCUT2D eigenvalue weighted by Gasteiger charge is 2.40. The molecular weight excluding hydrogens is 293 g/mol. The Hall–Kier alpha value is -2.17. The number of hydrogen-bond donors (Lipinski definition) is 0. The van der Waals surface area contributed by atoms with Gasteiger partial charge in [-0.3, -0.25) is 9.59 Å². The lowest BCUT2D eigenvalue weighted by Crippen LogP contribution is -2.37. The number of Topliss-reactive ketones (excluding diaryl/α,β-unsaturated/α-hetero) is 2. The number of alkyl halides is 3. The van der Waals surface area contributed by atoms with Crippen molar-refractivity contribution >= 4 is 11.6 Å². The summed E-state index contributed by atoms with van der Waals surface area (Å²) in [4.78, 5) is 24.6. The van der Waals surface area contributed by atoms with E-state index in [1.54, 1.807) is 0 Å².